The van der Waals surface area contributed by atoms with Gasteiger partial charge in [0.05, 0.1) is 5.56 Å². The van der Waals surface area contributed by atoms with Crippen LogP contribution >= 0.6 is 0 Å². The van der Waals surface area contributed by atoms with Gasteiger partial charge in [-0.15, -0.1) is 0 Å². The van der Waals surface area contributed by atoms with E-state index >= 15 is 0 Å². The molecule has 0 aliphatic carbocycles. The number of hydrogen-bond donors (Lipinski definition) is 0. The van der Waals surface area contributed by atoms with Crippen LogP contribution in [0.3, 0.4) is 0 Å². The van der Waals surface area contributed by atoms with Crippen molar-refractivity contribution in [2.45, 2.75) is 58.0 Å². The van der Waals surface area contributed by atoms with Crippen molar-refractivity contribution in [3.05, 3.63) is 53.9 Å². The third-order valence-electron chi connectivity index (χ3n) is 6.25. The minimum Gasteiger partial charge on any atom is -0.363 e. The van der Waals surface area contributed by atoms with Crippen LogP contribution < -0.4 is 4.90 Å². The van der Waals surface area contributed by atoms with Gasteiger partial charge in [0, 0.05) is 48.7 Å². The molecule has 0 bridgehead atoms. The molecule has 154 valence electrons. The number of nitrogens with zero attached hydrogens (tertiary/aromatic N) is 4. The van der Waals surface area contributed by atoms with Crippen LogP contribution in [0, 0.1) is 11.7 Å². The van der Waals surface area contributed by atoms with E-state index in [4.69, 9.17) is 0 Å². The van der Waals surface area contributed by atoms with Crippen molar-refractivity contribution in [1.82, 2.24) is 14.9 Å². The first kappa shape index (κ1) is 19.8. The molecule has 0 saturated carbocycles. The summed E-state index contributed by atoms with van der Waals surface area (Å²) >= 11 is 0. The predicted octanol–water partition coefficient (Wildman–Crippen LogP) is 4.26. The SMILES string of the molecule is CC(C)c1ncc(C(=O)N2CC[C@H]3[C@@H](C2)CC(C)(C)N3c2cccc(F)c2)cn1. The quantitative estimate of drug-likeness (QED) is 0.778. The Labute approximate surface area is 172 Å². The Balaban J connectivity index is 1.51. The van der Waals surface area contributed by atoms with Crippen LogP contribution in [0.5, 0.6) is 0 Å². The fourth-order valence-corrected chi connectivity index (χ4v) is 5.03. The molecule has 4 rings (SSSR count). The van der Waals surface area contributed by atoms with Gasteiger partial charge in [0.2, 0.25) is 0 Å². The first-order chi connectivity index (χ1) is 13.8. The number of likely N-dealkylation sites (tertiary alicyclic amines) is 1. The average molecular weight is 397 g/mol. The number of amides is 1. The van der Waals surface area contributed by atoms with E-state index in [1.165, 1.54) is 6.07 Å². The maximum Gasteiger partial charge on any atom is 0.257 e. The minimum atomic E-state index is -0.209. The maximum absolute atomic E-state index is 13.8. The fraction of sp³-hybridized carbons (Fsp3) is 0.522. The Kier molecular flexibility index (Phi) is 5.05. The number of anilines is 1. The number of fused-ring (bicyclic) bond motifs is 1. The molecule has 2 atom stereocenters. The Morgan fingerprint density at radius 2 is 1.97 bits per heavy atom. The Hall–Kier alpha value is -2.50. The number of rotatable bonds is 3. The van der Waals surface area contributed by atoms with Crippen molar-refractivity contribution in [3.63, 3.8) is 0 Å². The zero-order valence-corrected chi connectivity index (χ0v) is 17.6. The highest BCUT2D eigenvalue weighted by Gasteiger charge is 2.48. The molecule has 1 aromatic carbocycles. The minimum absolute atomic E-state index is 0.000711. The van der Waals surface area contributed by atoms with E-state index in [0.717, 1.165) is 24.4 Å². The number of carbonyl (C=O) groups is 1. The molecule has 2 fully saturated rings. The molecule has 2 aliphatic rings. The smallest absolute Gasteiger partial charge is 0.257 e. The van der Waals surface area contributed by atoms with E-state index in [-0.39, 0.29) is 23.2 Å². The summed E-state index contributed by atoms with van der Waals surface area (Å²) in [4.78, 5) is 26.0. The topological polar surface area (TPSA) is 49.3 Å². The Bertz CT molecular complexity index is 896. The lowest BCUT2D eigenvalue weighted by Crippen LogP contribution is -2.50. The maximum atomic E-state index is 13.8. The molecular weight excluding hydrogens is 367 g/mol. The molecule has 0 N–H and O–H groups in total. The molecule has 1 amide bonds. The molecule has 3 heterocycles. The number of carbonyl (C=O) groups excluding carboxylic acids is 1. The van der Waals surface area contributed by atoms with Crippen molar-refractivity contribution in [3.8, 4) is 0 Å². The van der Waals surface area contributed by atoms with E-state index < -0.39 is 0 Å². The number of aromatic nitrogens is 2. The zero-order chi connectivity index (χ0) is 20.8. The van der Waals surface area contributed by atoms with Gasteiger partial charge in [-0.25, -0.2) is 14.4 Å². The molecule has 5 nitrogen and oxygen atoms in total. The van der Waals surface area contributed by atoms with Gasteiger partial charge < -0.3 is 9.80 Å². The van der Waals surface area contributed by atoms with Gasteiger partial charge in [-0.1, -0.05) is 19.9 Å². The molecule has 2 aromatic rings. The standard InChI is InChI=1S/C23H29FN4O/c1-15(2)21-25-12-17(13-26-21)22(29)27-9-8-20-16(14-27)11-23(3,4)28(20)19-7-5-6-18(24)10-19/h5-7,10,12-13,15-16,20H,8-9,11,14H2,1-4H3/t16-,20+/m1/s1. The molecule has 6 heteroatoms. The lowest BCUT2D eigenvalue weighted by molar-refractivity contribution is 0.0666. The fourth-order valence-electron chi connectivity index (χ4n) is 5.03. The summed E-state index contributed by atoms with van der Waals surface area (Å²) < 4.78 is 13.8. The van der Waals surface area contributed by atoms with Gasteiger partial charge in [0.25, 0.3) is 5.91 Å². The second-order valence-corrected chi connectivity index (χ2v) is 9.22. The van der Waals surface area contributed by atoms with Crippen LogP contribution in [0.2, 0.25) is 0 Å². The molecule has 0 unspecified atom stereocenters. The highest BCUT2D eigenvalue weighted by atomic mass is 19.1. The molecular formula is C23H29FN4O. The van der Waals surface area contributed by atoms with E-state index in [0.29, 0.717) is 30.6 Å². The third kappa shape index (κ3) is 3.72. The van der Waals surface area contributed by atoms with Crippen LogP contribution in [-0.4, -0.2) is 45.4 Å². The van der Waals surface area contributed by atoms with Gasteiger partial charge in [0.15, 0.2) is 0 Å². The first-order valence-corrected chi connectivity index (χ1v) is 10.4. The number of piperidine rings is 1. The summed E-state index contributed by atoms with van der Waals surface area (Å²) in [6, 6.07) is 7.18. The van der Waals surface area contributed by atoms with Gasteiger partial charge in [-0.2, -0.15) is 0 Å². The monoisotopic (exact) mass is 396 g/mol. The summed E-state index contributed by atoms with van der Waals surface area (Å²) in [5, 5.41) is 0. The van der Waals surface area contributed by atoms with E-state index in [1.807, 2.05) is 24.8 Å². The normalized spacial score (nSPS) is 23.4. The molecule has 2 aliphatic heterocycles. The van der Waals surface area contributed by atoms with E-state index in [9.17, 15) is 9.18 Å². The molecule has 29 heavy (non-hydrogen) atoms. The van der Waals surface area contributed by atoms with Crippen LogP contribution in [0.1, 0.15) is 62.6 Å². The Morgan fingerprint density at radius 1 is 1.24 bits per heavy atom. The summed E-state index contributed by atoms with van der Waals surface area (Å²) in [6.07, 6.45) is 5.14. The van der Waals surface area contributed by atoms with Crippen molar-refractivity contribution < 1.29 is 9.18 Å². The third-order valence-corrected chi connectivity index (χ3v) is 6.25. The molecule has 0 radical (unpaired) electrons. The largest absolute Gasteiger partial charge is 0.363 e. The van der Waals surface area contributed by atoms with Crippen molar-refractivity contribution in [2.24, 2.45) is 5.92 Å². The van der Waals surface area contributed by atoms with Crippen LogP contribution in [0.15, 0.2) is 36.7 Å². The summed E-state index contributed by atoms with van der Waals surface area (Å²) in [5.74, 6) is 1.15. The lowest BCUT2D eigenvalue weighted by Gasteiger charge is -2.41. The second-order valence-electron chi connectivity index (χ2n) is 9.22. The van der Waals surface area contributed by atoms with Gasteiger partial charge in [-0.3, -0.25) is 4.79 Å². The molecule has 2 saturated heterocycles. The number of hydrogen-bond acceptors (Lipinski definition) is 4. The number of benzene rings is 1. The summed E-state index contributed by atoms with van der Waals surface area (Å²) in [7, 11) is 0. The van der Waals surface area contributed by atoms with Gasteiger partial charge >= 0.3 is 0 Å². The highest BCUT2D eigenvalue weighted by molar-refractivity contribution is 5.93. The predicted molar refractivity (Wildman–Crippen MR) is 111 cm³/mol. The summed E-state index contributed by atoms with van der Waals surface area (Å²) in [6.45, 7) is 9.89. The second kappa shape index (κ2) is 7.39. The van der Waals surface area contributed by atoms with Crippen molar-refractivity contribution >= 4 is 11.6 Å². The highest BCUT2D eigenvalue weighted by Crippen LogP contribution is 2.44. The van der Waals surface area contributed by atoms with Gasteiger partial charge in [0.1, 0.15) is 11.6 Å². The van der Waals surface area contributed by atoms with Crippen molar-refractivity contribution in [1.29, 1.82) is 0 Å². The van der Waals surface area contributed by atoms with Gasteiger partial charge in [-0.05, 0) is 50.8 Å². The average Bonchev–Trinajstić information content (AvgIpc) is 2.96. The van der Waals surface area contributed by atoms with Crippen molar-refractivity contribution in [2.75, 3.05) is 18.0 Å². The molecule has 0 spiro atoms. The summed E-state index contributed by atoms with van der Waals surface area (Å²) in [5.41, 5.74) is 1.40. The lowest BCUT2D eigenvalue weighted by atomic mass is 9.89. The Morgan fingerprint density at radius 3 is 2.62 bits per heavy atom. The molecule has 1 aromatic heterocycles. The van der Waals surface area contributed by atoms with Crippen LogP contribution in [-0.2, 0) is 0 Å². The first-order valence-electron chi connectivity index (χ1n) is 10.4. The van der Waals surface area contributed by atoms with Crippen LogP contribution in [0.25, 0.3) is 0 Å². The van der Waals surface area contributed by atoms with E-state index in [2.05, 4.69) is 28.7 Å². The number of halogens is 1. The van der Waals surface area contributed by atoms with Crippen LogP contribution in [0.4, 0.5) is 10.1 Å². The zero-order valence-electron chi connectivity index (χ0n) is 17.6. The van der Waals surface area contributed by atoms with E-state index in [1.54, 1.807) is 24.5 Å².